The Morgan fingerprint density at radius 3 is 2.09 bits per heavy atom. The van der Waals surface area contributed by atoms with Crippen LogP contribution in [0.5, 0.6) is 0 Å². The molecule has 1 aliphatic heterocycles. The van der Waals surface area contributed by atoms with E-state index in [0.717, 1.165) is 49.1 Å². The van der Waals surface area contributed by atoms with E-state index in [4.69, 9.17) is 9.15 Å². The Morgan fingerprint density at radius 1 is 0.837 bits per heavy atom. The van der Waals surface area contributed by atoms with Crippen LogP contribution < -0.4 is 0 Å². The lowest BCUT2D eigenvalue weighted by molar-refractivity contribution is -0.142. The van der Waals surface area contributed by atoms with Crippen LogP contribution in [-0.2, 0) is 19.4 Å². The smallest absolute Gasteiger partial charge is 0.411 e. The molecule has 2 heterocycles. The van der Waals surface area contributed by atoms with E-state index in [9.17, 15) is 23.1 Å². The number of amides is 1. The van der Waals surface area contributed by atoms with Gasteiger partial charge in [0.2, 0.25) is 0 Å². The Hall–Kier alpha value is -4.63. The van der Waals surface area contributed by atoms with Crippen molar-refractivity contribution in [2.45, 2.75) is 49.0 Å². The first kappa shape index (κ1) is 28.5. The molecule has 0 bridgehead atoms. The minimum Gasteiger partial charge on any atom is -0.480 e. The highest BCUT2D eigenvalue weighted by atomic mass is 32.2. The standard InChI is InChI=1S/C34H31NO7S/c1-34(2,3)42-33(38)35-20-25(19-29(35)32(36)37)43(39,40)24-17-15-22(16-18-24)21-11-13-23(14-12-21)26-8-6-9-28-27-7-4-5-10-30(27)41-31(26)28/h4-18,25,29H,19-20H2,1-3H3,(H,36,37). The fraction of sp³-hybridized carbons (Fsp3) is 0.235. The van der Waals surface area contributed by atoms with Gasteiger partial charge >= 0.3 is 12.1 Å². The van der Waals surface area contributed by atoms with Crippen molar-refractivity contribution in [1.29, 1.82) is 0 Å². The quantitative estimate of drug-likeness (QED) is 0.229. The van der Waals surface area contributed by atoms with E-state index >= 15 is 0 Å². The van der Waals surface area contributed by atoms with Crippen molar-refractivity contribution in [3.8, 4) is 22.3 Å². The predicted octanol–water partition coefficient (Wildman–Crippen LogP) is 7.16. The summed E-state index contributed by atoms with van der Waals surface area (Å²) in [4.78, 5) is 25.6. The Kier molecular flexibility index (Phi) is 7.01. The van der Waals surface area contributed by atoms with Crippen LogP contribution in [0.15, 0.2) is 100 Å². The van der Waals surface area contributed by atoms with E-state index in [1.54, 1.807) is 32.9 Å². The monoisotopic (exact) mass is 597 g/mol. The topological polar surface area (TPSA) is 114 Å². The van der Waals surface area contributed by atoms with Crippen LogP contribution in [0.4, 0.5) is 4.79 Å². The molecule has 1 amide bonds. The highest BCUT2D eigenvalue weighted by Crippen LogP contribution is 2.37. The molecule has 0 aliphatic carbocycles. The fourth-order valence-corrected chi connectivity index (χ4v) is 7.32. The molecule has 6 rings (SSSR count). The lowest BCUT2D eigenvalue weighted by Gasteiger charge is -2.26. The fourth-order valence-electron chi connectivity index (χ4n) is 5.62. The molecule has 1 N–H and O–H groups in total. The first-order valence-corrected chi connectivity index (χ1v) is 15.5. The van der Waals surface area contributed by atoms with Gasteiger partial charge in [-0.3, -0.25) is 4.90 Å². The molecular formula is C34H31NO7S. The molecule has 0 saturated carbocycles. The second kappa shape index (κ2) is 10.6. The van der Waals surface area contributed by atoms with E-state index in [1.807, 2.05) is 60.7 Å². The molecule has 1 saturated heterocycles. The van der Waals surface area contributed by atoms with Gasteiger partial charge in [0.05, 0.1) is 10.1 Å². The Balaban J connectivity index is 1.22. The van der Waals surface area contributed by atoms with E-state index in [0.29, 0.717) is 0 Å². The van der Waals surface area contributed by atoms with E-state index in [2.05, 4.69) is 6.07 Å². The Labute approximate surface area is 249 Å². The number of aliphatic carboxylic acids is 1. The number of nitrogens with zero attached hydrogens (tertiary/aromatic N) is 1. The number of carbonyl (C=O) groups excluding carboxylic acids is 1. The van der Waals surface area contributed by atoms with E-state index in [-0.39, 0.29) is 17.9 Å². The van der Waals surface area contributed by atoms with Crippen molar-refractivity contribution in [2.24, 2.45) is 0 Å². The molecule has 1 aliphatic rings. The number of sulfone groups is 1. The lowest BCUT2D eigenvalue weighted by atomic mass is 9.99. The number of fused-ring (bicyclic) bond motifs is 3. The SMILES string of the molecule is CC(C)(C)OC(=O)N1CC(S(=O)(=O)c2ccc(-c3ccc(-c4cccc5c4oc4ccccc45)cc3)cc2)CC1C(=O)O. The maximum atomic E-state index is 13.5. The number of rotatable bonds is 5. The molecular weight excluding hydrogens is 566 g/mol. The Bertz CT molecular complexity index is 1950. The number of hydrogen-bond donors (Lipinski definition) is 1. The van der Waals surface area contributed by atoms with Crippen molar-refractivity contribution in [2.75, 3.05) is 6.54 Å². The van der Waals surface area contributed by atoms with E-state index < -0.39 is 38.8 Å². The minimum absolute atomic E-state index is 0.0737. The van der Waals surface area contributed by atoms with Crippen LogP contribution in [0.2, 0.25) is 0 Å². The molecule has 1 fully saturated rings. The summed E-state index contributed by atoms with van der Waals surface area (Å²) in [6, 6.07) is 27.3. The van der Waals surface area contributed by atoms with Crippen molar-refractivity contribution >= 4 is 43.8 Å². The van der Waals surface area contributed by atoms with Gasteiger partial charge in [0, 0.05) is 22.9 Å². The maximum Gasteiger partial charge on any atom is 0.411 e. The van der Waals surface area contributed by atoms with Gasteiger partial charge in [0.1, 0.15) is 22.8 Å². The molecule has 9 heteroatoms. The predicted molar refractivity (Wildman–Crippen MR) is 165 cm³/mol. The number of hydrogen-bond acceptors (Lipinski definition) is 6. The van der Waals surface area contributed by atoms with Gasteiger partial charge in [-0.15, -0.1) is 0 Å². The average molecular weight is 598 g/mol. The number of benzene rings is 4. The summed E-state index contributed by atoms with van der Waals surface area (Å²) in [5.74, 6) is -1.26. The first-order chi connectivity index (χ1) is 20.4. The number of carboxylic acid groups (broad SMARTS) is 1. The second-order valence-corrected chi connectivity index (χ2v) is 14.0. The van der Waals surface area contributed by atoms with Crippen molar-refractivity contribution in [1.82, 2.24) is 4.90 Å². The summed E-state index contributed by atoms with van der Waals surface area (Å²) in [7, 11) is -3.91. The van der Waals surface area contributed by atoms with Gasteiger partial charge in [-0.05, 0) is 62.1 Å². The van der Waals surface area contributed by atoms with Gasteiger partial charge in [0.15, 0.2) is 9.84 Å². The van der Waals surface area contributed by atoms with Crippen LogP contribution in [0.25, 0.3) is 44.2 Å². The average Bonchev–Trinajstić information content (AvgIpc) is 3.60. The van der Waals surface area contributed by atoms with Gasteiger partial charge < -0.3 is 14.3 Å². The zero-order valence-corrected chi connectivity index (χ0v) is 24.8. The molecule has 8 nitrogen and oxygen atoms in total. The third-order valence-corrected chi connectivity index (χ3v) is 9.88. The summed E-state index contributed by atoms with van der Waals surface area (Å²) < 4.78 is 38.5. The highest BCUT2D eigenvalue weighted by Gasteiger charge is 2.46. The Morgan fingerprint density at radius 2 is 1.44 bits per heavy atom. The third-order valence-electron chi connectivity index (χ3n) is 7.73. The normalized spacial score (nSPS) is 17.4. The van der Waals surface area contributed by atoms with Crippen molar-refractivity contribution in [3.05, 3.63) is 91.0 Å². The van der Waals surface area contributed by atoms with Crippen molar-refractivity contribution < 1.29 is 32.3 Å². The number of likely N-dealkylation sites (tertiary alicyclic amines) is 1. The third kappa shape index (κ3) is 5.36. The molecule has 1 aromatic heterocycles. The maximum absolute atomic E-state index is 13.5. The first-order valence-electron chi connectivity index (χ1n) is 14.0. The molecule has 220 valence electrons. The second-order valence-electron chi connectivity index (χ2n) is 11.8. The number of ether oxygens (including phenoxy) is 1. The number of para-hydroxylation sites is 2. The van der Waals surface area contributed by atoms with Gasteiger partial charge in [-0.2, -0.15) is 0 Å². The molecule has 0 radical (unpaired) electrons. The molecule has 4 aromatic carbocycles. The zero-order valence-electron chi connectivity index (χ0n) is 24.0. The number of carboxylic acids is 1. The molecule has 0 spiro atoms. The lowest BCUT2D eigenvalue weighted by Crippen LogP contribution is -2.43. The summed E-state index contributed by atoms with van der Waals surface area (Å²) in [6.45, 7) is 4.75. The van der Waals surface area contributed by atoms with Crippen LogP contribution in [0.1, 0.15) is 27.2 Å². The molecule has 43 heavy (non-hydrogen) atoms. The van der Waals surface area contributed by atoms with Crippen LogP contribution in [0, 0.1) is 0 Å². The summed E-state index contributed by atoms with van der Waals surface area (Å²) >= 11 is 0. The zero-order chi connectivity index (χ0) is 30.5. The number of carbonyl (C=O) groups is 2. The largest absolute Gasteiger partial charge is 0.480 e. The molecule has 5 aromatic rings. The molecule has 2 unspecified atom stereocenters. The number of furan rings is 1. The van der Waals surface area contributed by atoms with Crippen LogP contribution >= 0.6 is 0 Å². The summed E-state index contributed by atoms with van der Waals surface area (Å²) in [6.07, 6.45) is -1.05. The molecule has 2 atom stereocenters. The van der Waals surface area contributed by atoms with Gasteiger partial charge in [-0.1, -0.05) is 72.8 Å². The highest BCUT2D eigenvalue weighted by molar-refractivity contribution is 7.92. The van der Waals surface area contributed by atoms with Crippen molar-refractivity contribution in [3.63, 3.8) is 0 Å². The minimum atomic E-state index is -3.91. The summed E-state index contributed by atoms with van der Waals surface area (Å²) in [5, 5.41) is 10.7. The van der Waals surface area contributed by atoms with Crippen LogP contribution in [-0.4, -0.2) is 53.9 Å². The summed E-state index contributed by atoms with van der Waals surface area (Å²) in [5.41, 5.74) is 4.55. The van der Waals surface area contributed by atoms with Crippen LogP contribution in [0.3, 0.4) is 0 Å². The van der Waals surface area contributed by atoms with E-state index in [1.165, 1.54) is 12.1 Å². The van der Waals surface area contributed by atoms with Gasteiger partial charge in [0.25, 0.3) is 0 Å². The van der Waals surface area contributed by atoms with Gasteiger partial charge in [-0.25, -0.2) is 18.0 Å².